The largest absolute Gasteiger partial charge is 0.282 e. The highest BCUT2D eigenvalue weighted by Crippen LogP contribution is 2.25. The number of carbonyl (C=O) groups excluding carboxylic acids is 4. The van der Waals surface area contributed by atoms with Gasteiger partial charge in [-0.05, 0) is 12.1 Å². The monoisotopic (exact) mass is 694 g/mol. The van der Waals surface area contributed by atoms with Crippen LogP contribution in [0.5, 0.6) is 0 Å². The van der Waals surface area contributed by atoms with E-state index in [1.807, 2.05) is 0 Å². The highest BCUT2D eigenvalue weighted by molar-refractivity contribution is 14.1. The zero-order valence-electron chi connectivity index (χ0n) is 8.30. The fourth-order valence-electron chi connectivity index (χ4n) is 1.25. The van der Waals surface area contributed by atoms with Crippen LogP contribution in [0.25, 0.3) is 0 Å². The van der Waals surface area contributed by atoms with Gasteiger partial charge in [0.05, 0.1) is 0 Å². The van der Waals surface area contributed by atoms with Crippen molar-refractivity contribution in [2.24, 2.45) is 0 Å². The molecule has 94 valence electrons. The zero-order chi connectivity index (χ0) is 14.0. The predicted molar refractivity (Wildman–Crippen MR) is 99.8 cm³/mol. The molecule has 1 aromatic carbocycles. The number of halogens is 4. The third-order valence-corrected chi connectivity index (χ3v) is 4.33. The second kappa shape index (κ2) is 7.01. The molecule has 0 radical (unpaired) electrons. The number of benzene rings is 1. The summed E-state index contributed by atoms with van der Waals surface area (Å²) in [5.74, 6) is 0. The van der Waals surface area contributed by atoms with Gasteiger partial charge in [-0.25, -0.2) is 0 Å². The van der Waals surface area contributed by atoms with Crippen molar-refractivity contribution < 1.29 is 19.2 Å². The second-order valence-electron chi connectivity index (χ2n) is 3.04. The molecule has 0 saturated heterocycles. The lowest BCUT2D eigenvalue weighted by Gasteiger charge is -2.08. The van der Waals surface area contributed by atoms with Crippen molar-refractivity contribution in [1.29, 1.82) is 0 Å². The smallest absolute Gasteiger partial charge is 0.223 e. The molecule has 0 aromatic heterocycles. The third-order valence-electron chi connectivity index (χ3n) is 2.00. The highest BCUT2D eigenvalue weighted by atomic mass is 127. The van der Waals surface area contributed by atoms with Gasteiger partial charge in [0.15, 0.2) is 0 Å². The maximum absolute atomic E-state index is 11.5. The zero-order valence-corrected chi connectivity index (χ0v) is 16.9. The number of carbonyl (C=O) groups is 4. The Bertz CT molecular complexity index is 481. The lowest BCUT2D eigenvalue weighted by atomic mass is 10.0. The molecule has 0 fully saturated rings. The summed E-state index contributed by atoms with van der Waals surface area (Å²) in [5, 5.41) is 0. The molecule has 18 heavy (non-hydrogen) atoms. The van der Waals surface area contributed by atoms with Crippen LogP contribution in [0.3, 0.4) is 0 Å². The highest BCUT2D eigenvalue weighted by Gasteiger charge is 2.22. The Morgan fingerprint density at radius 1 is 0.556 bits per heavy atom. The molecular weight excluding hydrogens is 692 g/mol. The van der Waals surface area contributed by atoms with Gasteiger partial charge in [0.25, 0.3) is 0 Å². The van der Waals surface area contributed by atoms with Gasteiger partial charge in [0.1, 0.15) is 0 Å². The van der Waals surface area contributed by atoms with Crippen molar-refractivity contribution in [3.05, 3.63) is 34.4 Å². The summed E-state index contributed by atoms with van der Waals surface area (Å²) in [5.41, 5.74) is 0.598. The van der Waals surface area contributed by atoms with Crippen LogP contribution in [0.4, 0.5) is 0 Å². The minimum atomic E-state index is -0.348. The van der Waals surface area contributed by atoms with Crippen molar-refractivity contribution in [1.82, 2.24) is 0 Å². The molecule has 0 bridgehead atoms. The maximum atomic E-state index is 11.5. The van der Waals surface area contributed by atoms with Gasteiger partial charge in [-0.15, -0.1) is 0 Å². The Labute approximate surface area is 157 Å². The first-order valence-corrected chi connectivity index (χ1v) is 8.54. The van der Waals surface area contributed by atoms with Crippen molar-refractivity contribution in [3.8, 4) is 0 Å². The molecule has 8 heteroatoms. The lowest BCUT2D eigenvalue weighted by molar-refractivity contribution is 0.106. The Balaban J connectivity index is 3.71. The van der Waals surface area contributed by atoms with Crippen LogP contribution in [0.1, 0.15) is 41.4 Å². The fraction of sp³-hybridized carbons (Fsp3) is 0. The topological polar surface area (TPSA) is 68.3 Å². The van der Waals surface area contributed by atoms with Crippen LogP contribution >= 0.6 is 90.4 Å². The Kier molecular flexibility index (Phi) is 6.57. The first-order chi connectivity index (χ1) is 8.25. The predicted octanol–water partition coefficient (Wildman–Crippen LogP) is 3.99. The van der Waals surface area contributed by atoms with Gasteiger partial charge in [0, 0.05) is 113 Å². The molecular formula is C10H2I4O4. The van der Waals surface area contributed by atoms with Crippen LogP contribution in [-0.4, -0.2) is 15.2 Å². The Hall–Kier alpha value is 0.820. The van der Waals surface area contributed by atoms with Crippen LogP contribution < -0.4 is 0 Å². The van der Waals surface area contributed by atoms with Gasteiger partial charge < -0.3 is 0 Å². The molecule has 0 N–H and O–H groups in total. The number of rotatable bonds is 4. The summed E-state index contributed by atoms with van der Waals surface area (Å²) < 4.78 is -1.39. The summed E-state index contributed by atoms with van der Waals surface area (Å²) in [6.45, 7) is 0. The van der Waals surface area contributed by atoms with E-state index in [1.54, 1.807) is 90.4 Å². The van der Waals surface area contributed by atoms with Crippen molar-refractivity contribution >= 4 is 106 Å². The fourth-order valence-corrected chi connectivity index (χ4v) is 3.04. The first-order valence-electron chi connectivity index (χ1n) is 4.23. The van der Waals surface area contributed by atoms with E-state index in [9.17, 15) is 19.2 Å². The molecule has 4 nitrogen and oxygen atoms in total. The Morgan fingerprint density at radius 2 is 0.722 bits per heavy atom. The SMILES string of the molecule is O=C(I)c1cc(C(=O)I)c(C(=O)I)cc1C(=O)I. The summed E-state index contributed by atoms with van der Waals surface area (Å²) in [7, 11) is 0. The molecule has 0 aliphatic rings. The van der Waals surface area contributed by atoms with E-state index in [-0.39, 0.29) is 37.4 Å². The lowest BCUT2D eigenvalue weighted by Crippen LogP contribution is -2.08. The van der Waals surface area contributed by atoms with Crippen LogP contribution in [0.15, 0.2) is 12.1 Å². The van der Waals surface area contributed by atoms with E-state index in [0.29, 0.717) is 0 Å². The molecule has 1 rings (SSSR count). The average Bonchev–Trinajstić information content (AvgIpc) is 2.26. The van der Waals surface area contributed by atoms with Gasteiger partial charge in [-0.2, -0.15) is 0 Å². The van der Waals surface area contributed by atoms with Gasteiger partial charge in [-0.3, -0.25) is 19.2 Å². The number of hydrogen-bond acceptors (Lipinski definition) is 4. The molecule has 0 aliphatic heterocycles. The van der Waals surface area contributed by atoms with E-state index < -0.39 is 0 Å². The van der Waals surface area contributed by atoms with E-state index in [1.165, 1.54) is 12.1 Å². The normalized spacial score (nSPS) is 10.0. The quantitative estimate of drug-likeness (QED) is 0.354. The molecule has 0 unspecified atom stereocenters. The van der Waals surface area contributed by atoms with Gasteiger partial charge in [-0.1, -0.05) is 0 Å². The standard InChI is InChI=1S/C10H2I4O4/c11-7(15)3-1-4(8(12)16)6(10(14)18)2-5(3)9(13)17/h1-2H. The summed E-state index contributed by atoms with van der Waals surface area (Å²) in [6, 6.07) is 2.61. The molecule has 0 heterocycles. The van der Waals surface area contributed by atoms with Crippen LogP contribution in [0.2, 0.25) is 0 Å². The maximum Gasteiger partial charge on any atom is 0.223 e. The molecule has 0 aliphatic carbocycles. The summed E-state index contributed by atoms with van der Waals surface area (Å²) >= 11 is 6.17. The molecule has 0 amide bonds. The van der Waals surface area contributed by atoms with Gasteiger partial charge >= 0.3 is 0 Å². The minimum absolute atomic E-state index is 0.149. The van der Waals surface area contributed by atoms with Crippen LogP contribution in [0, 0.1) is 0 Å². The summed E-state index contributed by atoms with van der Waals surface area (Å²) in [6.07, 6.45) is 0. The van der Waals surface area contributed by atoms with Crippen molar-refractivity contribution in [2.75, 3.05) is 0 Å². The Morgan fingerprint density at radius 3 is 0.833 bits per heavy atom. The van der Waals surface area contributed by atoms with Crippen LogP contribution in [-0.2, 0) is 0 Å². The first kappa shape index (κ1) is 16.9. The number of hydrogen-bond donors (Lipinski definition) is 0. The molecule has 0 spiro atoms. The van der Waals surface area contributed by atoms with Crippen molar-refractivity contribution in [2.45, 2.75) is 0 Å². The average molecular weight is 694 g/mol. The van der Waals surface area contributed by atoms with E-state index in [0.717, 1.165) is 0 Å². The van der Waals surface area contributed by atoms with E-state index >= 15 is 0 Å². The summed E-state index contributed by atoms with van der Waals surface area (Å²) in [4.78, 5) is 45.8. The molecule has 0 atom stereocenters. The third kappa shape index (κ3) is 3.91. The van der Waals surface area contributed by atoms with Gasteiger partial charge in [0.2, 0.25) is 15.2 Å². The second-order valence-corrected chi connectivity index (χ2v) is 6.96. The molecule has 1 aromatic rings. The van der Waals surface area contributed by atoms with E-state index in [2.05, 4.69) is 0 Å². The van der Waals surface area contributed by atoms with Crippen molar-refractivity contribution in [3.63, 3.8) is 0 Å². The van der Waals surface area contributed by atoms with E-state index in [4.69, 9.17) is 0 Å². The minimum Gasteiger partial charge on any atom is -0.282 e. The molecule has 0 saturated carbocycles.